The van der Waals surface area contributed by atoms with Gasteiger partial charge in [0.2, 0.25) is 9.60 Å². The van der Waals surface area contributed by atoms with Crippen LogP contribution in [0.5, 0.6) is 0 Å². The Morgan fingerprint density at radius 2 is 1.34 bits per heavy atom. The van der Waals surface area contributed by atoms with Crippen LogP contribution in [0, 0.1) is 0 Å². The number of benzene rings is 3. The molecule has 0 spiro atoms. The highest BCUT2D eigenvalue weighted by molar-refractivity contribution is 7.67. The van der Waals surface area contributed by atoms with E-state index in [9.17, 15) is 4.79 Å². The zero-order valence-electron chi connectivity index (χ0n) is 14.8. The maximum atomic E-state index is 12.6. The first kappa shape index (κ1) is 19.8. The van der Waals surface area contributed by atoms with Crippen molar-refractivity contribution < 1.29 is 4.79 Å². The van der Waals surface area contributed by atoms with Gasteiger partial charge in [-0.2, -0.15) is 4.99 Å². The van der Waals surface area contributed by atoms with Crippen molar-refractivity contribution >= 4 is 55.5 Å². The first-order chi connectivity index (χ1) is 14.1. The zero-order chi connectivity index (χ0) is 20.2. The lowest BCUT2D eigenvalue weighted by Gasteiger charge is -2.03. The van der Waals surface area contributed by atoms with Gasteiger partial charge in [0.15, 0.2) is 0 Å². The van der Waals surface area contributed by atoms with Crippen molar-refractivity contribution in [3.8, 4) is 5.69 Å². The number of rotatable bonds is 3. The van der Waals surface area contributed by atoms with Gasteiger partial charge in [0.25, 0.3) is 5.91 Å². The highest BCUT2D eigenvalue weighted by atomic mass is 35.5. The maximum absolute atomic E-state index is 12.6. The van der Waals surface area contributed by atoms with Crippen molar-refractivity contribution in [1.29, 1.82) is 0 Å². The van der Waals surface area contributed by atoms with Crippen LogP contribution in [-0.4, -0.2) is 10.5 Å². The summed E-state index contributed by atoms with van der Waals surface area (Å²) in [5.74, 6) is -0.305. The molecule has 0 fully saturated rings. The Kier molecular flexibility index (Phi) is 6.06. The molecule has 1 heterocycles. The van der Waals surface area contributed by atoms with Crippen LogP contribution in [0.1, 0.15) is 10.4 Å². The standard InChI is InChI=1S/C21H13Cl2N3OS2/c22-15-6-10-17(11-7-15)24-20-26(18-12-8-16(23)9-13-18)21(29-28-20)25-19(27)14-4-2-1-3-5-14/h1-13H. The van der Waals surface area contributed by atoms with E-state index in [1.165, 1.54) is 20.7 Å². The van der Waals surface area contributed by atoms with Crippen LogP contribution in [0.15, 0.2) is 88.8 Å². The average Bonchev–Trinajstić information content (AvgIpc) is 3.13. The number of amides is 1. The van der Waals surface area contributed by atoms with Crippen molar-refractivity contribution in [1.82, 2.24) is 4.57 Å². The van der Waals surface area contributed by atoms with E-state index in [4.69, 9.17) is 28.2 Å². The monoisotopic (exact) mass is 457 g/mol. The third-order valence-corrected chi connectivity index (χ3v) is 6.51. The summed E-state index contributed by atoms with van der Waals surface area (Å²) >= 11 is 12.0. The zero-order valence-corrected chi connectivity index (χ0v) is 18.0. The molecule has 0 radical (unpaired) electrons. The number of aromatic nitrogens is 1. The molecule has 4 aromatic rings. The highest BCUT2D eigenvalue weighted by Gasteiger charge is 2.09. The third-order valence-electron chi connectivity index (χ3n) is 3.93. The van der Waals surface area contributed by atoms with Gasteiger partial charge < -0.3 is 0 Å². The molecule has 0 atom stereocenters. The van der Waals surface area contributed by atoms with Crippen LogP contribution in [0.3, 0.4) is 0 Å². The van der Waals surface area contributed by atoms with Crippen molar-refractivity contribution in [3.05, 3.63) is 104 Å². The molecular weight excluding hydrogens is 445 g/mol. The fraction of sp³-hybridized carbons (Fsp3) is 0. The molecule has 0 aliphatic rings. The molecule has 0 saturated carbocycles. The van der Waals surface area contributed by atoms with Gasteiger partial charge in [0.05, 0.1) is 11.4 Å². The largest absolute Gasteiger partial charge is 0.279 e. The molecule has 0 aliphatic heterocycles. The molecule has 144 valence electrons. The molecule has 0 N–H and O–H groups in total. The maximum Gasteiger partial charge on any atom is 0.279 e. The molecule has 0 bridgehead atoms. The summed E-state index contributed by atoms with van der Waals surface area (Å²) < 4.78 is 1.85. The molecule has 0 unspecified atom stereocenters. The van der Waals surface area contributed by atoms with E-state index < -0.39 is 0 Å². The molecule has 1 amide bonds. The molecule has 8 heteroatoms. The van der Waals surface area contributed by atoms with Gasteiger partial charge in [-0.25, -0.2) is 4.99 Å². The van der Waals surface area contributed by atoms with Crippen LogP contribution < -0.4 is 9.60 Å². The summed E-state index contributed by atoms with van der Waals surface area (Å²) in [5.41, 5.74) is 2.11. The summed E-state index contributed by atoms with van der Waals surface area (Å²) in [6.07, 6.45) is 0. The van der Waals surface area contributed by atoms with Gasteiger partial charge in [-0.05, 0) is 81.3 Å². The summed E-state index contributed by atoms with van der Waals surface area (Å²) in [6, 6.07) is 23.6. The van der Waals surface area contributed by atoms with E-state index in [2.05, 4.69) is 4.99 Å². The summed E-state index contributed by atoms with van der Waals surface area (Å²) in [7, 11) is 2.82. The molecular formula is C21H13Cl2N3OS2. The fourth-order valence-corrected chi connectivity index (χ4v) is 4.91. The lowest BCUT2D eigenvalue weighted by atomic mass is 10.2. The molecule has 1 aromatic heterocycles. The number of hydrogen-bond acceptors (Lipinski definition) is 4. The predicted octanol–water partition coefficient (Wildman–Crippen LogP) is 5.88. The van der Waals surface area contributed by atoms with E-state index in [0.29, 0.717) is 25.2 Å². The van der Waals surface area contributed by atoms with Gasteiger partial charge in [-0.1, -0.05) is 41.4 Å². The van der Waals surface area contributed by atoms with E-state index >= 15 is 0 Å². The van der Waals surface area contributed by atoms with Crippen LogP contribution in [0.4, 0.5) is 5.69 Å². The molecule has 0 saturated heterocycles. The highest BCUT2D eigenvalue weighted by Crippen LogP contribution is 2.17. The van der Waals surface area contributed by atoms with E-state index in [-0.39, 0.29) is 5.91 Å². The summed E-state index contributed by atoms with van der Waals surface area (Å²) in [6.45, 7) is 0. The number of nitrogens with zero attached hydrogens (tertiary/aromatic N) is 3. The molecule has 3 aromatic carbocycles. The minimum atomic E-state index is -0.305. The second-order valence-electron chi connectivity index (χ2n) is 5.91. The number of hydrogen-bond donors (Lipinski definition) is 0. The van der Waals surface area contributed by atoms with Crippen LogP contribution >= 0.6 is 43.9 Å². The topological polar surface area (TPSA) is 46.7 Å². The van der Waals surface area contributed by atoms with Gasteiger partial charge in [-0.3, -0.25) is 9.36 Å². The Morgan fingerprint density at radius 1 is 0.759 bits per heavy atom. The molecule has 0 aliphatic carbocycles. The van der Waals surface area contributed by atoms with Gasteiger partial charge in [0, 0.05) is 15.6 Å². The first-order valence-electron chi connectivity index (χ1n) is 8.53. The first-order valence-corrected chi connectivity index (χ1v) is 11.4. The van der Waals surface area contributed by atoms with Gasteiger partial charge >= 0.3 is 0 Å². The van der Waals surface area contributed by atoms with Crippen molar-refractivity contribution in [2.75, 3.05) is 0 Å². The van der Waals surface area contributed by atoms with E-state index in [1.807, 2.05) is 47.0 Å². The average molecular weight is 458 g/mol. The molecule has 29 heavy (non-hydrogen) atoms. The quantitative estimate of drug-likeness (QED) is 0.354. The minimum Gasteiger partial charge on any atom is -0.267 e. The van der Waals surface area contributed by atoms with E-state index in [0.717, 1.165) is 11.4 Å². The number of carbonyl (C=O) groups excluding carboxylic acids is 1. The Morgan fingerprint density at radius 3 is 2.00 bits per heavy atom. The third kappa shape index (κ3) is 4.74. The minimum absolute atomic E-state index is 0.305. The Hall–Kier alpha value is -2.51. The second-order valence-corrected chi connectivity index (χ2v) is 8.85. The number of carbonyl (C=O) groups is 1. The smallest absolute Gasteiger partial charge is 0.267 e. The SMILES string of the molecule is O=C(N=c1ssc(=Nc2ccc(Cl)cc2)n1-c1ccc(Cl)cc1)c1ccccc1. The second kappa shape index (κ2) is 8.88. The van der Waals surface area contributed by atoms with Crippen molar-refractivity contribution in [2.24, 2.45) is 9.98 Å². The lowest BCUT2D eigenvalue weighted by Crippen LogP contribution is -2.25. The van der Waals surface area contributed by atoms with E-state index in [1.54, 1.807) is 36.4 Å². The van der Waals surface area contributed by atoms with Gasteiger partial charge in [0.1, 0.15) is 0 Å². The van der Waals surface area contributed by atoms with Crippen LogP contribution in [0.25, 0.3) is 5.69 Å². The normalized spacial score (nSPS) is 12.3. The molecule has 4 nitrogen and oxygen atoms in total. The fourth-order valence-electron chi connectivity index (χ4n) is 2.54. The molecule has 4 rings (SSSR count). The van der Waals surface area contributed by atoms with Crippen molar-refractivity contribution in [2.45, 2.75) is 0 Å². The Balaban J connectivity index is 1.89. The van der Waals surface area contributed by atoms with Crippen molar-refractivity contribution in [3.63, 3.8) is 0 Å². The van der Waals surface area contributed by atoms with Crippen LogP contribution in [-0.2, 0) is 0 Å². The lowest BCUT2D eigenvalue weighted by molar-refractivity contribution is 0.0998. The summed E-state index contributed by atoms with van der Waals surface area (Å²) in [4.78, 5) is 22.9. The Labute approximate surface area is 184 Å². The summed E-state index contributed by atoms with van der Waals surface area (Å²) in [5, 5.41) is 1.27. The van der Waals surface area contributed by atoms with Gasteiger partial charge in [-0.15, -0.1) is 0 Å². The predicted molar refractivity (Wildman–Crippen MR) is 120 cm³/mol. The van der Waals surface area contributed by atoms with Crippen LogP contribution in [0.2, 0.25) is 10.0 Å². The number of halogens is 2. The Bertz CT molecular complexity index is 1270.